The van der Waals surface area contributed by atoms with E-state index in [2.05, 4.69) is 23.0 Å². The molecule has 2 aromatic rings. The molecule has 0 fully saturated rings. The largest absolute Gasteiger partial charge is 0.384 e. The first-order valence-corrected chi connectivity index (χ1v) is 6.47. The van der Waals surface area contributed by atoms with Gasteiger partial charge in [-0.1, -0.05) is 17.7 Å². The van der Waals surface area contributed by atoms with Crippen LogP contribution in [0.5, 0.6) is 0 Å². The number of anilines is 1. The Morgan fingerprint density at radius 1 is 1.29 bits per heavy atom. The summed E-state index contributed by atoms with van der Waals surface area (Å²) < 4.78 is 0.829. The first kappa shape index (κ1) is 12.4. The monoisotopic (exact) mass is 267 g/mol. The number of nitrogen functional groups attached to an aromatic ring is 1. The van der Waals surface area contributed by atoms with Gasteiger partial charge in [-0.15, -0.1) is 11.3 Å². The third-order valence-corrected chi connectivity index (χ3v) is 3.53. The molecule has 0 aliphatic carbocycles. The predicted molar refractivity (Wildman–Crippen MR) is 73.1 cm³/mol. The molecule has 2 heterocycles. The van der Waals surface area contributed by atoms with Gasteiger partial charge in [-0.25, -0.2) is 4.98 Å². The zero-order valence-corrected chi connectivity index (χ0v) is 11.1. The minimum absolute atomic E-state index is 0.565. The van der Waals surface area contributed by atoms with Crippen molar-refractivity contribution in [1.29, 1.82) is 0 Å². The average Bonchev–Trinajstić information content (AvgIpc) is 2.63. The topological polar surface area (TPSA) is 42.1 Å². The number of nitrogens with two attached hydrogens (primary N) is 1. The van der Waals surface area contributed by atoms with Crippen LogP contribution in [-0.2, 0) is 13.1 Å². The fourth-order valence-corrected chi connectivity index (χ4v) is 2.79. The van der Waals surface area contributed by atoms with Gasteiger partial charge in [0.25, 0.3) is 0 Å². The molecule has 0 aromatic carbocycles. The van der Waals surface area contributed by atoms with Gasteiger partial charge in [0.1, 0.15) is 5.82 Å². The molecule has 17 heavy (non-hydrogen) atoms. The second kappa shape index (κ2) is 5.49. The maximum Gasteiger partial charge on any atom is 0.123 e. The normalized spacial score (nSPS) is 11.0. The number of hydrogen-bond donors (Lipinski definition) is 1. The molecule has 0 radical (unpaired) electrons. The van der Waals surface area contributed by atoms with E-state index in [9.17, 15) is 0 Å². The zero-order valence-electron chi connectivity index (χ0n) is 9.56. The summed E-state index contributed by atoms with van der Waals surface area (Å²) in [6, 6.07) is 9.68. The Bertz CT molecular complexity index is 498. The Balaban J connectivity index is 1.95. The Morgan fingerprint density at radius 3 is 2.76 bits per heavy atom. The molecule has 2 rings (SSSR count). The van der Waals surface area contributed by atoms with E-state index in [-0.39, 0.29) is 0 Å². The molecule has 0 atom stereocenters. The van der Waals surface area contributed by atoms with Gasteiger partial charge in [0, 0.05) is 18.0 Å². The molecular formula is C12H14ClN3S. The molecule has 0 saturated carbocycles. The SMILES string of the molecule is CN(Cc1cccc(N)n1)Cc1ccc(Cl)s1. The number of thiophene rings is 1. The van der Waals surface area contributed by atoms with Gasteiger partial charge in [0.05, 0.1) is 10.0 Å². The van der Waals surface area contributed by atoms with Crippen LogP contribution in [0.15, 0.2) is 30.3 Å². The van der Waals surface area contributed by atoms with Crippen LogP contribution in [0.1, 0.15) is 10.6 Å². The summed E-state index contributed by atoms with van der Waals surface area (Å²) in [5.41, 5.74) is 6.63. The first-order chi connectivity index (χ1) is 8.13. The van der Waals surface area contributed by atoms with E-state index in [1.807, 2.05) is 18.2 Å². The molecular weight excluding hydrogens is 254 g/mol. The lowest BCUT2D eigenvalue weighted by Gasteiger charge is -2.15. The highest BCUT2D eigenvalue weighted by molar-refractivity contribution is 7.16. The highest BCUT2D eigenvalue weighted by Gasteiger charge is 2.05. The average molecular weight is 268 g/mol. The van der Waals surface area contributed by atoms with Crippen LogP contribution in [0, 0.1) is 0 Å². The van der Waals surface area contributed by atoms with Crippen molar-refractivity contribution in [2.24, 2.45) is 0 Å². The van der Waals surface area contributed by atoms with E-state index in [0.717, 1.165) is 23.1 Å². The van der Waals surface area contributed by atoms with Gasteiger partial charge in [-0.2, -0.15) is 0 Å². The molecule has 3 nitrogen and oxygen atoms in total. The molecule has 0 bridgehead atoms. The standard InChI is InChI=1S/C12H14ClN3S/c1-16(8-10-5-6-11(13)17-10)7-9-3-2-4-12(14)15-9/h2-6H,7-8H2,1H3,(H2,14,15). The first-order valence-electron chi connectivity index (χ1n) is 5.27. The second-order valence-corrected chi connectivity index (χ2v) is 5.73. The molecule has 2 N–H and O–H groups in total. The quantitative estimate of drug-likeness (QED) is 0.926. The summed E-state index contributed by atoms with van der Waals surface area (Å²) in [6.45, 7) is 1.65. The van der Waals surface area contributed by atoms with Crippen molar-refractivity contribution in [3.8, 4) is 0 Å². The van der Waals surface area contributed by atoms with Crippen molar-refractivity contribution in [3.05, 3.63) is 45.2 Å². The Kier molecular flexibility index (Phi) is 3.99. The highest BCUT2D eigenvalue weighted by atomic mass is 35.5. The summed E-state index contributed by atoms with van der Waals surface area (Å²) in [5.74, 6) is 0.565. The fraction of sp³-hybridized carbons (Fsp3) is 0.250. The van der Waals surface area contributed by atoms with Gasteiger partial charge in [-0.3, -0.25) is 4.90 Å². The minimum Gasteiger partial charge on any atom is -0.384 e. The number of hydrogen-bond acceptors (Lipinski definition) is 4. The third-order valence-electron chi connectivity index (χ3n) is 2.31. The highest BCUT2D eigenvalue weighted by Crippen LogP contribution is 2.22. The van der Waals surface area contributed by atoms with Crippen LogP contribution < -0.4 is 5.73 Å². The van der Waals surface area contributed by atoms with Crippen LogP contribution in [0.25, 0.3) is 0 Å². The molecule has 2 aromatic heterocycles. The Hall–Kier alpha value is -1.10. The summed E-state index contributed by atoms with van der Waals surface area (Å²) in [5, 5.41) is 0. The van der Waals surface area contributed by atoms with Gasteiger partial charge in [-0.05, 0) is 31.3 Å². The number of aromatic nitrogens is 1. The van der Waals surface area contributed by atoms with E-state index in [1.54, 1.807) is 17.4 Å². The van der Waals surface area contributed by atoms with E-state index >= 15 is 0 Å². The van der Waals surface area contributed by atoms with Gasteiger partial charge < -0.3 is 5.73 Å². The Morgan fingerprint density at radius 2 is 2.12 bits per heavy atom. The number of halogens is 1. The predicted octanol–water partition coefficient (Wildman–Crippen LogP) is 3.01. The van der Waals surface area contributed by atoms with E-state index < -0.39 is 0 Å². The minimum atomic E-state index is 0.565. The van der Waals surface area contributed by atoms with Crippen molar-refractivity contribution in [1.82, 2.24) is 9.88 Å². The second-order valence-electron chi connectivity index (χ2n) is 3.93. The maximum absolute atomic E-state index is 5.90. The summed E-state index contributed by atoms with van der Waals surface area (Å²) in [6.07, 6.45) is 0. The van der Waals surface area contributed by atoms with E-state index in [0.29, 0.717) is 5.82 Å². The molecule has 0 aliphatic rings. The lowest BCUT2D eigenvalue weighted by Crippen LogP contribution is -2.17. The van der Waals surface area contributed by atoms with Crippen molar-refractivity contribution in [3.63, 3.8) is 0 Å². The van der Waals surface area contributed by atoms with Crippen molar-refractivity contribution in [2.75, 3.05) is 12.8 Å². The van der Waals surface area contributed by atoms with Crippen LogP contribution >= 0.6 is 22.9 Å². The number of pyridine rings is 1. The van der Waals surface area contributed by atoms with Crippen molar-refractivity contribution < 1.29 is 0 Å². The number of nitrogens with zero attached hydrogens (tertiary/aromatic N) is 2. The van der Waals surface area contributed by atoms with Crippen molar-refractivity contribution >= 4 is 28.8 Å². The molecule has 5 heteroatoms. The van der Waals surface area contributed by atoms with Gasteiger partial charge in [0.2, 0.25) is 0 Å². The van der Waals surface area contributed by atoms with Crippen LogP contribution in [0.3, 0.4) is 0 Å². The zero-order chi connectivity index (χ0) is 12.3. The smallest absolute Gasteiger partial charge is 0.123 e. The third kappa shape index (κ3) is 3.70. The maximum atomic E-state index is 5.90. The molecule has 0 aliphatic heterocycles. The number of rotatable bonds is 4. The molecule has 0 amide bonds. The Labute approximate surface area is 110 Å². The van der Waals surface area contributed by atoms with Crippen LogP contribution in [0.2, 0.25) is 4.34 Å². The van der Waals surface area contributed by atoms with Gasteiger partial charge >= 0.3 is 0 Å². The fourth-order valence-electron chi connectivity index (χ4n) is 1.62. The van der Waals surface area contributed by atoms with E-state index in [4.69, 9.17) is 17.3 Å². The molecule has 0 spiro atoms. The summed E-state index contributed by atoms with van der Waals surface area (Å²) in [7, 11) is 2.05. The van der Waals surface area contributed by atoms with E-state index in [1.165, 1.54) is 4.88 Å². The van der Waals surface area contributed by atoms with Crippen molar-refractivity contribution in [2.45, 2.75) is 13.1 Å². The van der Waals surface area contributed by atoms with Crippen LogP contribution in [0.4, 0.5) is 5.82 Å². The lowest BCUT2D eigenvalue weighted by atomic mass is 10.3. The summed E-state index contributed by atoms with van der Waals surface area (Å²) >= 11 is 7.50. The lowest BCUT2D eigenvalue weighted by molar-refractivity contribution is 0.318. The van der Waals surface area contributed by atoms with Gasteiger partial charge in [0.15, 0.2) is 0 Å². The molecule has 0 saturated heterocycles. The molecule has 0 unspecified atom stereocenters. The van der Waals surface area contributed by atoms with Crippen LogP contribution in [-0.4, -0.2) is 16.9 Å². The summed E-state index contributed by atoms with van der Waals surface area (Å²) in [4.78, 5) is 7.71. The molecule has 90 valence electrons.